The van der Waals surface area contributed by atoms with Crippen LogP contribution in [0.15, 0.2) is 77.7 Å². The van der Waals surface area contributed by atoms with Crippen LogP contribution < -0.4 is 14.8 Å². The van der Waals surface area contributed by atoms with Gasteiger partial charge in [0.2, 0.25) is 10.0 Å². The third kappa shape index (κ3) is 6.30. The molecule has 8 heteroatoms. The van der Waals surface area contributed by atoms with E-state index in [1.165, 1.54) is 25.3 Å². The molecule has 0 saturated heterocycles. The van der Waals surface area contributed by atoms with E-state index in [1.807, 2.05) is 30.3 Å². The summed E-state index contributed by atoms with van der Waals surface area (Å²) in [5, 5.41) is 3.39. The number of methoxy groups -OCH3 is 1. The normalized spacial score (nSPS) is 11.2. The molecule has 0 atom stereocenters. The number of sulfonamides is 1. The third-order valence-electron chi connectivity index (χ3n) is 4.64. The maximum Gasteiger partial charge on any atom is 0.251 e. The molecule has 0 bridgehead atoms. The Bertz CT molecular complexity index is 1130. The molecule has 0 aliphatic rings. The van der Waals surface area contributed by atoms with Gasteiger partial charge < -0.3 is 10.1 Å². The van der Waals surface area contributed by atoms with Crippen LogP contribution in [0.3, 0.4) is 0 Å². The van der Waals surface area contributed by atoms with E-state index in [0.29, 0.717) is 18.0 Å². The summed E-state index contributed by atoms with van der Waals surface area (Å²) in [6.07, 6.45) is 0.677. The Morgan fingerprint density at radius 2 is 1.68 bits per heavy atom. The van der Waals surface area contributed by atoms with Crippen molar-refractivity contribution in [2.75, 3.05) is 13.7 Å². The molecule has 0 aromatic heterocycles. The molecule has 0 unspecified atom stereocenters. The second kappa shape index (κ2) is 10.4. The number of rotatable bonds is 9. The van der Waals surface area contributed by atoms with Crippen molar-refractivity contribution in [1.82, 2.24) is 10.0 Å². The van der Waals surface area contributed by atoms with Crippen LogP contribution in [-0.2, 0) is 23.0 Å². The van der Waals surface area contributed by atoms with E-state index in [9.17, 15) is 13.2 Å². The van der Waals surface area contributed by atoms with E-state index in [-0.39, 0.29) is 28.7 Å². The summed E-state index contributed by atoms with van der Waals surface area (Å²) in [7, 11) is -2.54. The van der Waals surface area contributed by atoms with Gasteiger partial charge in [0.15, 0.2) is 0 Å². The molecule has 6 nitrogen and oxygen atoms in total. The smallest absolute Gasteiger partial charge is 0.251 e. The van der Waals surface area contributed by atoms with E-state index in [1.54, 1.807) is 24.3 Å². The molecule has 3 rings (SSSR count). The van der Waals surface area contributed by atoms with Crippen LogP contribution in [0.25, 0.3) is 0 Å². The minimum absolute atomic E-state index is 0.0795. The standard InChI is InChI=1S/C23H23ClN2O4S/c1-30-21-12-9-19(23(27)25-14-13-17-5-3-2-4-6-17)15-22(21)31(28,29)26-16-18-7-10-20(24)11-8-18/h2-12,15,26H,13-14,16H2,1H3,(H,25,27). The lowest BCUT2D eigenvalue weighted by Crippen LogP contribution is -2.27. The van der Waals surface area contributed by atoms with Crippen LogP contribution in [0, 0.1) is 0 Å². The monoisotopic (exact) mass is 458 g/mol. The van der Waals surface area contributed by atoms with E-state index in [0.717, 1.165) is 11.1 Å². The molecule has 0 radical (unpaired) electrons. The van der Waals surface area contributed by atoms with Crippen LogP contribution in [0.5, 0.6) is 5.75 Å². The SMILES string of the molecule is COc1ccc(C(=O)NCCc2ccccc2)cc1S(=O)(=O)NCc1ccc(Cl)cc1. The zero-order valence-corrected chi connectivity index (χ0v) is 18.5. The molecule has 3 aromatic rings. The summed E-state index contributed by atoms with van der Waals surface area (Å²) in [6, 6.07) is 21.0. The Labute approximate surface area is 187 Å². The Morgan fingerprint density at radius 3 is 2.35 bits per heavy atom. The first-order valence-electron chi connectivity index (χ1n) is 9.63. The van der Waals surface area contributed by atoms with Gasteiger partial charge in [-0.15, -0.1) is 0 Å². The van der Waals surface area contributed by atoms with Gasteiger partial charge in [-0.05, 0) is 47.9 Å². The van der Waals surface area contributed by atoms with Gasteiger partial charge in [0.25, 0.3) is 5.91 Å². The van der Waals surface area contributed by atoms with Crippen molar-refractivity contribution in [3.05, 3.63) is 94.5 Å². The maximum absolute atomic E-state index is 12.9. The van der Waals surface area contributed by atoms with Gasteiger partial charge >= 0.3 is 0 Å². The first-order chi connectivity index (χ1) is 14.9. The van der Waals surface area contributed by atoms with Crippen molar-refractivity contribution in [2.45, 2.75) is 17.9 Å². The zero-order chi connectivity index (χ0) is 22.3. The molecule has 1 amide bonds. The average Bonchev–Trinajstić information content (AvgIpc) is 2.79. The van der Waals surface area contributed by atoms with E-state index in [4.69, 9.17) is 16.3 Å². The number of hydrogen-bond acceptors (Lipinski definition) is 4. The number of carbonyl (C=O) groups excluding carboxylic acids is 1. The highest BCUT2D eigenvalue weighted by Crippen LogP contribution is 2.25. The average molecular weight is 459 g/mol. The van der Waals surface area contributed by atoms with Crippen molar-refractivity contribution in [2.24, 2.45) is 0 Å². The molecule has 0 saturated carbocycles. The van der Waals surface area contributed by atoms with Crippen molar-refractivity contribution in [3.63, 3.8) is 0 Å². The number of benzene rings is 3. The fourth-order valence-corrected chi connectivity index (χ4v) is 4.29. The summed E-state index contributed by atoms with van der Waals surface area (Å²) < 4.78 is 33.5. The number of carbonyl (C=O) groups is 1. The zero-order valence-electron chi connectivity index (χ0n) is 17.0. The second-order valence-electron chi connectivity index (χ2n) is 6.81. The van der Waals surface area contributed by atoms with Crippen molar-refractivity contribution in [1.29, 1.82) is 0 Å². The lowest BCUT2D eigenvalue weighted by Gasteiger charge is -2.13. The van der Waals surface area contributed by atoms with E-state index < -0.39 is 10.0 Å². The predicted molar refractivity (Wildman–Crippen MR) is 121 cm³/mol. The Morgan fingerprint density at radius 1 is 0.968 bits per heavy atom. The molecule has 162 valence electrons. The van der Waals surface area contributed by atoms with Crippen LogP contribution in [0.1, 0.15) is 21.5 Å². The number of nitrogens with one attached hydrogen (secondary N) is 2. The first-order valence-corrected chi connectivity index (χ1v) is 11.5. The molecule has 0 heterocycles. The van der Waals surface area contributed by atoms with Gasteiger partial charge in [0.05, 0.1) is 7.11 Å². The number of amides is 1. The second-order valence-corrected chi connectivity index (χ2v) is 8.98. The van der Waals surface area contributed by atoms with Crippen LogP contribution in [0.4, 0.5) is 0 Å². The van der Waals surface area contributed by atoms with E-state index >= 15 is 0 Å². The van der Waals surface area contributed by atoms with Gasteiger partial charge in [0, 0.05) is 23.7 Å². The largest absolute Gasteiger partial charge is 0.495 e. The Kier molecular flexibility index (Phi) is 7.68. The predicted octanol–water partition coefficient (Wildman–Crippen LogP) is 3.80. The fourth-order valence-electron chi connectivity index (χ4n) is 2.95. The minimum Gasteiger partial charge on any atom is -0.495 e. The summed E-state index contributed by atoms with van der Waals surface area (Å²) in [4.78, 5) is 12.4. The van der Waals surface area contributed by atoms with Crippen LogP contribution in [0.2, 0.25) is 5.02 Å². The van der Waals surface area contributed by atoms with E-state index in [2.05, 4.69) is 10.0 Å². The molecule has 2 N–H and O–H groups in total. The van der Waals surface area contributed by atoms with Crippen molar-refractivity contribution >= 4 is 27.5 Å². The van der Waals surface area contributed by atoms with Crippen LogP contribution >= 0.6 is 11.6 Å². The number of halogens is 1. The lowest BCUT2D eigenvalue weighted by atomic mass is 10.1. The summed E-state index contributed by atoms with van der Waals surface area (Å²) in [5.41, 5.74) is 2.09. The highest BCUT2D eigenvalue weighted by Gasteiger charge is 2.21. The molecule has 31 heavy (non-hydrogen) atoms. The van der Waals surface area contributed by atoms with Crippen molar-refractivity contribution < 1.29 is 17.9 Å². The molecule has 3 aromatic carbocycles. The highest BCUT2D eigenvalue weighted by molar-refractivity contribution is 7.89. The molecular weight excluding hydrogens is 436 g/mol. The third-order valence-corrected chi connectivity index (χ3v) is 6.31. The maximum atomic E-state index is 12.9. The van der Waals surface area contributed by atoms with Crippen LogP contribution in [-0.4, -0.2) is 28.0 Å². The number of hydrogen-bond donors (Lipinski definition) is 2. The summed E-state index contributed by atoms with van der Waals surface area (Å²) in [6.45, 7) is 0.516. The minimum atomic E-state index is -3.92. The van der Waals surface area contributed by atoms with Gasteiger partial charge in [-0.25, -0.2) is 13.1 Å². The quantitative estimate of drug-likeness (QED) is 0.510. The Balaban J connectivity index is 1.71. The molecule has 0 spiro atoms. The lowest BCUT2D eigenvalue weighted by molar-refractivity contribution is 0.0954. The molecular formula is C23H23ClN2O4S. The highest BCUT2D eigenvalue weighted by atomic mass is 35.5. The molecule has 0 aliphatic carbocycles. The van der Waals surface area contributed by atoms with Gasteiger partial charge in [0.1, 0.15) is 10.6 Å². The summed E-state index contributed by atoms with van der Waals surface area (Å²) >= 11 is 5.86. The topological polar surface area (TPSA) is 84.5 Å². The first kappa shape index (κ1) is 22.8. The summed E-state index contributed by atoms with van der Waals surface area (Å²) in [5.74, 6) is -0.197. The van der Waals surface area contributed by atoms with Gasteiger partial charge in [-0.3, -0.25) is 4.79 Å². The molecule has 0 aliphatic heterocycles. The van der Waals surface area contributed by atoms with Gasteiger partial charge in [-0.2, -0.15) is 0 Å². The Hall–Kier alpha value is -2.87. The van der Waals surface area contributed by atoms with Crippen molar-refractivity contribution in [3.8, 4) is 5.75 Å². The fraction of sp³-hybridized carbons (Fsp3) is 0.174. The van der Waals surface area contributed by atoms with Gasteiger partial charge in [-0.1, -0.05) is 54.1 Å². The number of ether oxygens (including phenoxy) is 1. The molecule has 0 fully saturated rings.